The molecular formula is C16H20N4O3S. The minimum atomic E-state index is -3.44. The number of nitrogens with zero attached hydrogens (tertiary/aromatic N) is 4. The average Bonchev–Trinajstić information content (AvgIpc) is 3.24. The van der Waals surface area contributed by atoms with E-state index in [9.17, 15) is 8.42 Å². The van der Waals surface area contributed by atoms with Crippen molar-refractivity contribution in [3.8, 4) is 0 Å². The van der Waals surface area contributed by atoms with Crippen LogP contribution < -0.4 is 0 Å². The van der Waals surface area contributed by atoms with E-state index in [4.69, 9.17) is 4.74 Å². The Hall–Kier alpha value is -2.03. The van der Waals surface area contributed by atoms with Crippen LogP contribution in [0.15, 0.2) is 41.9 Å². The highest BCUT2D eigenvalue weighted by Crippen LogP contribution is 2.24. The molecule has 24 heavy (non-hydrogen) atoms. The molecule has 1 atom stereocenters. The van der Waals surface area contributed by atoms with Crippen molar-refractivity contribution in [2.45, 2.75) is 19.1 Å². The van der Waals surface area contributed by atoms with Gasteiger partial charge in [-0.05, 0) is 18.1 Å². The largest absolute Gasteiger partial charge is 0.378 e. The molecule has 0 amide bonds. The van der Waals surface area contributed by atoms with Crippen molar-refractivity contribution in [3.63, 3.8) is 0 Å². The molecule has 0 bridgehead atoms. The third-order valence-corrected chi connectivity index (χ3v) is 5.47. The van der Waals surface area contributed by atoms with Crippen LogP contribution in [0.5, 0.6) is 0 Å². The molecule has 3 rings (SSSR count). The zero-order valence-electron chi connectivity index (χ0n) is 13.4. The van der Waals surface area contributed by atoms with Crippen LogP contribution in [0.4, 0.5) is 0 Å². The van der Waals surface area contributed by atoms with Crippen LogP contribution in [0.25, 0.3) is 6.08 Å². The van der Waals surface area contributed by atoms with E-state index in [0.717, 1.165) is 11.3 Å². The highest BCUT2D eigenvalue weighted by atomic mass is 32.2. The van der Waals surface area contributed by atoms with E-state index in [-0.39, 0.29) is 6.04 Å². The Morgan fingerprint density at radius 2 is 2.12 bits per heavy atom. The summed E-state index contributed by atoms with van der Waals surface area (Å²) in [5.74, 6) is 0. The van der Waals surface area contributed by atoms with E-state index in [1.165, 1.54) is 9.71 Å². The standard InChI is InChI=1S/C16H20N4O3S/c1-23-13-15-11-20(18-17-15)16-7-9-19(12-16)24(21,22)10-8-14-5-3-2-4-6-14/h2-6,8,10-11,16H,7,9,12-13H2,1H3. The topological polar surface area (TPSA) is 77.3 Å². The summed E-state index contributed by atoms with van der Waals surface area (Å²) in [7, 11) is -1.84. The normalized spacial score (nSPS) is 19.3. The summed E-state index contributed by atoms with van der Waals surface area (Å²) >= 11 is 0. The smallest absolute Gasteiger partial charge is 0.236 e. The maximum absolute atomic E-state index is 12.5. The first-order valence-corrected chi connectivity index (χ1v) is 9.22. The molecule has 1 aromatic carbocycles. The summed E-state index contributed by atoms with van der Waals surface area (Å²) in [4.78, 5) is 0. The molecule has 128 valence electrons. The molecule has 1 saturated heterocycles. The highest BCUT2D eigenvalue weighted by molar-refractivity contribution is 7.92. The first-order valence-electron chi connectivity index (χ1n) is 7.71. The van der Waals surface area contributed by atoms with Gasteiger partial charge in [0.2, 0.25) is 10.0 Å². The number of benzene rings is 1. The Morgan fingerprint density at radius 1 is 1.33 bits per heavy atom. The van der Waals surface area contributed by atoms with E-state index < -0.39 is 10.0 Å². The second-order valence-electron chi connectivity index (χ2n) is 5.68. The van der Waals surface area contributed by atoms with Gasteiger partial charge < -0.3 is 4.74 Å². The molecule has 2 heterocycles. The van der Waals surface area contributed by atoms with Crippen LogP contribution in [0.1, 0.15) is 23.7 Å². The zero-order chi connectivity index (χ0) is 17.0. The van der Waals surface area contributed by atoms with Gasteiger partial charge in [-0.2, -0.15) is 4.31 Å². The minimum absolute atomic E-state index is 0.00278. The lowest BCUT2D eigenvalue weighted by Crippen LogP contribution is -2.27. The number of rotatable bonds is 6. The molecule has 0 aliphatic carbocycles. The molecule has 1 aromatic heterocycles. The molecule has 1 fully saturated rings. The maximum atomic E-state index is 12.5. The predicted molar refractivity (Wildman–Crippen MR) is 90.4 cm³/mol. The average molecular weight is 348 g/mol. The van der Waals surface area contributed by atoms with Crippen molar-refractivity contribution in [2.24, 2.45) is 0 Å². The molecule has 1 aliphatic heterocycles. The second-order valence-corrected chi connectivity index (χ2v) is 7.50. The van der Waals surface area contributed by atoms with E-state index in [2.05, 4.69) is 10.3 Å². The quantitative estimate of drug-likeness (QED) is 0.794. The van der Waals surface area contributed by atoms with Crippen molar-refractivity contribution in [1.82, 2.24) is 19.3 Å². The molecule has 8 heteroatoms. The fraction of sp³-hybridized carbons (Fsp3) is 0.375. The lowest BCUT2D eigenvalue weighted by molar-refractivity contribution is 0.181. The fourth-order valence-electron chi connectivity index (χ4n) is 2.68. The second kappa shape index (κ2) is 7.25. The Balaban J connectivity index is 1.66. The number of hydrogen-bond donors (Lipinski definition) is 0. The summed E-state index contributed by atoms with van der Waals surface area (Å²) in [6, 6.07) is 9.38. The summed E-state index contributed by atoms with van der Waals surface area (Å²) in [6.07, 6.45) is 4.15. The van der Waals surface area contributed by atoms with Crippen molar-refractivity contribution >= 4 is 16.1 Å². The first-order chi connectivity index (χ1) is 11.6. The van der Waals surface area contributed by atoms with Crippen molar-refractivity contribution in [1.29, 1.82) is 0 Å². The number of hydrogen-bond acceptors (Lipinski definition) is 5. The minimum Gasteiger partial charge on any atom is -0.378 e. The van der Waals surface area contributed by atoms with Gasteiger partial charge >= 0.3 is 0 Å². The molecule has 0 N–H and O–H groups in total. The highest BCUT2D eigenvalue weighted by Gasteiger charge is 2.31. The lowest BCUT2D eigenvalue weighted by atomic mass is 10.2. The molecule has 7 nitrogen and oxygen atoms in total. The Kier molecular flexibility index (Phi) is 5.08. The molecule has 1 aliphatic rings. The first kappa shape index (κ1) is 16.8. The zero-order valence-corrected chi connectivity index (χ0v) is 14.3. The Morgan fingerprint density at radius 3 is 2.88 bits per heavy atom. The summed E-state index contributed by atoms with van der Waals surface area (Å²) in [5.41, 5.74) is 1.60. The van der Waals surface area contributed by atoms with Gasteiger partial charge in [-0.1, -0.05) is 35.5 Å². The predicted octanol–water partition coefficient (Wildman–Crippen LogP) is 1.67. The summed E-state index contributed by atoms with van der Waals surface area (Å²) in [6.45, 7) is 1.28. The molecule has 0 spiro atoms. The van der Waals surface area contributed by atoms with Crippen molar-refractivity contribution < 1.29 is 13.2 Å². The van der Waals surface area contributed by atoms with Crippen LogP contribution in [-0.2, 0) is 21.4 Å². The third-order valence-electron chi connectivity index (χ3n) is 3.94. The van der Waals surface area contributed by atoms with E-state index in [0.29, 0.717) is 26.1 Å². The van der Waals surface area contributed by atoms with Crippen LogP contribution in [0.3, 0.4) is 0 Å². The number of methoxy groups -OCH3 is 1. The summed E-state index contributed by atoms with van der Waals surface area (Å²) < 4.78 is 33.2. The Labute approximate surface area is 141 Å². The molecular weight excluding hydrogens is 328 g/mol. The molecule has 1 unspecified atom stereocenters. The van der Waals surface area contributed by atoms with Gasteiger partial charge in [0.15, 0.2) is 0 Å². The summed E-state index contributed by atoms with van der Waals surface area (Å²) in [5, 5.41) is 9.36. The van der Waals surface area contributed by atoms with Gasteiger partial charge in [-0.15, -0.1) is 5.10 Å². The van der Waals surface area contributed by atoms with E-state index in [1.54, 1.807) is 17.9 Å². The SMILES string of the molecule is COCc1cn(C2CCN(S(=O)(=O)C=Cc3ccccc3)C2)nn1. The van der Waals surface area contributed by atoms with Crippen molar-refractivity contribution in [3.05, 3.63) is 53.2 Å². The number of sulfonamides is 1. The number of aromatic nitrogens is 3. The van der Waals surface area contributed by atoms with Crippen LogP contribution in [0, 0.1) is 0 Å². The van der Waals surface area contributed by atoms with Gasteiger partial charge in [0.1, 0.15) is 5.69 Å². The van der Waals surface area contributed by atoms with Crippen LogP contribution in [0.2, 0.25) is 0 Å². The van der Waals surface area contributed by atoms with Crippen LogP contribution in [-0.4, -0.2) is 47.9 Å². The van der Waals surface area contributed by atoms with Gasteiger partial charge in [0.05, 0.1) is 18.8 Å². The molecule has 2 aromatic rings. The monoisotopic (exact) mass is 348 g/mol. The van der Waals surface area contributed by atoms with Gasteiger partial charge in [-0.25, -0.2) is 13.1 Å². The molecule has 0 saturated carbocycles. The molecule has 0 radical (unpaired) electrons. The fourth-order valence-corrected chi connectivity index (χ4v) is 3.92. The van der Waals surface area contributed by atoms with Crippen LogP contribution >= 0.6 is 0 Å². The lowest BCUT2D eigenvalue weighted by Gasteiger charge is -2.13. The van der Waals surface area contributed by atoms with E-state index >= 15 is 0 Å². The number of ether oxygens (including phenoxy) is 1. The van der Waals surface area contributed by atoms with Gasteiger partial charge in [0, 0.05) is 25.6 Å². The maximum Gasteiger partial charge on any atom is 0.236 e. The third kappa shape index (κ3) is 3.89. The van der Waals surface area contributed by atoms with Crippen molar-refractivity contribution in [2.75, 3.05) is 20.2 Å². The van der Waals surface area contributed by atoms with Gasteiger partial charge in [-0.3, -0.25) is 0 Å². The Bertz CT molecular complexity index is 802. The van der Waals surface area contributed by atoms with E-state index in [1.807, 2.05) is 36.5 Å². The van der Waals surface area contributed by atoms with Gasteiger partial charge in [0.25, 0.3) is 0 Å².